The molecule has 0 amide bonds. The van der Waals surface area contributed by atoms with E-state index in [9.17, 15) is 13.6 Å². The Morgan fingerprint density at radius 3 is 2.95 bits per heavy atom. The largest absolute Gasteiger partial charge is 0.464 e. The van der Waals surface area contributed by atoms with Gasteiger partial charge in [0.25, 0.3) is 0 Å². The van der Waals surface area contributed by atoms with Crippen LogP contribution >= 0.6 is 0 Å². The molecule has 0 radical (unpaired) electrons. The van der Waals surface area contributed by atoms with Crippen LogP contribution in [0.15, 0.2) is 18.2 Å². The highest BCUT2D eigenvalue weighted by molar-refractivity contribution is 5.92. The third-order valence-electron chi connectivity index (χ3n) is 3.41. The summed E-state index contributed by atoms with van der Waals surface area (Å²) in [7, 11) is 1.25. The lowest BCUT2D eigenvalue weighted by Crippen LogP contribution is -2.25. The number of rotatable bonds is 2. The smallest absolute Gasteiger partial charge is 0.362 e. The normalized spacial score (nSPS) is 17.0. The van der Waals surface area contributed by atoms with Gasteiger partial charge in [-0.1, -0.05) is 11.3 Å². The Balaban J connectivity index is 2.03. The molecule has 0 saturated heterocycles. The summed E-state index contributed by atoms with van der Waals surface area (Å²) in [6.07, 6.45) is 0.613. The van der Waals surface area contributed by atoms with Crippen molar-refractivity contribution >= 4 is 11.8 Å². The van der Waals surface area contributed by atoms with Crippen LogP contribution in [0.5, 0.6) is 0 Å². The highest BCUT2D eigenvalue weighted by Crippen LogP contribution is 2.31. The molecule has 21 heavy (non-hydrogen) atoms. The Kier molecular flexibility index (Phi) is 3.28. The molecule has 6 nitrogen and oxygen atoms in total. The highest BCUT2D eigenvalue weighted by Gasteiger charge is 2.29. The van der Waals surface area contributed by atoms with Crippen molar-refractivity contribution in [1.29, 1.82) is 0 Å². The van der Waals surface area contributed by atoms with Crippen molar-refractivity contribution in [1.82, 2.24) is 15.0 Å². The minimum Gasteiger partial charge on any atom is -0.464 e. The molecule has 2 aromatic rings. The van der Waals surface area contributed by atoms with E-state index in [0.717, 1.165) is 12.1 Å². The second-order valence-electron chi connectivity index (χ2n) is 4.63. The predicted molar refractivity (Wildman–Crippen MR) is 69.0 cm³/mol. The molecular formula is C13H12F2N4O2. The number of carbonyl (C=O) groups excluding carboxylic acids is 1. The number of esters is 1. The van der Waals surface area contributed by atoms with E-state index >= 15 is 0 Å². The number of nitrogens with one attached hydrogen (secondary N) is 1. The van der Waals surface area contributed by atoms with Crippen LogP contribution in [-0.2, 0) is 4.74 Å². The number of fused-ring (bicyclic) bond motifs is 1. The SMILES string of the molecule is COC(=O)c1nnn2c1NCCC2c1ccc(F)c(F)c1. The van der Waals surface area contributed by atoms with Gasteiger partial charge in [-0.15, -0.1) is 5.10 Å². The van der Waals surface area contributed by atoms with Crippen LogP contribution in [0.25, 0.3) is 0 Å². The van der Waals surface area contributed by atoms with E-state index in [0.29, 0.717) is 24.3 Å². The molecule has 1 aromatic heterocycles. The Morgan fingerprint density at radius 2 is 2.24 bits per heavy atom. The van der Waals surface area contributed by atoms with Crippen LogP contribution in [0.1, 0.15) is 28.5 Å². The summed E-state index contributed by atoms with van der Waals surface area (Å²) in [5.74, 6) is -2.00. The van der Waals surface area contributed by atoms with E-state index in [2.05, 4.69) is 20.4 Å². The molecule has 0 saturated carbocycles. The molecule has 1 aliphatic heterocycles. The maximum Gasteiger partial charge on any atom is 0.362 e. The number of nitrogens with zero attached hydrogens (tertiary/aromatic N) is 3. The Bertz CT molecular complexity index is 701. The van der Waals surface area contributed by atoms with Crippen molar-refractivity contribution in [2.75, 3.05) is 19.0 Å². The van der Waals surface area contributed by atoms with Crippen molar-refractivity contribution in [2.45, 2.75) is 12.5 Å². The first-order valence-electron chi connectivity index (χ1n) is 6.34. The van der Waals surface area contributed by atoms with Crippen molar-refractivity contribution in [3.63, 3.8) is 0 Å². The molecule has 3 rings (SSSR count). The minimum atomic E-state index is -0.916. The van der Waals surface area contributed by atoms with Gasteiger partial charge in [0.15, 0.2) is 17.5 Å². The van der Waals surface area contributed by atoms with Gasteiger partial charge in [0.1, 0.15) is 0 Å². The topological polar surface area (TPSA) is 69.0 Å². The van der Waals surface area contributed by atoms with E-state index < -0.39 is 17.6 Å². The number of ether oxygens (including phenoxy) is 1. The fourth-order valence-electron chi connectivity index (χ4n) is 2.39. The van der Waals surface area contributed by atoms with Gasteiger partial charge in [-0.25, -0.2) is 18.3 Å². The molecule has 2 heterocycles. The summed E-state index contributed by atoms with van der Waals surface area (Å²) in [4.78, 5) is 11.6. The summed E-state index contributed by atoms with van der Waals surface area (Å²) in [6, 6.07) is 3.39. The first-order chi connectivity index (χ1) is 10.1. The number of halogens is 2. The van der Waals surface area contributed by atoms with E-state index in [-0.39, 0.29) is 11.7 Å². The fraction of sp³-hybridized carbons (Fsp3) is 0.308. The predicted octanol–water partition coefficient (Wildman–Crippen LogP) is 1.75. The van der Waals surface area contributed by atoms with Gasteiger partial charge in [-0.05, 0) is 24.1 Å². The molecule has 0 bridgehead atoms. The number of hydrogen-bond acceptors (Lipinski definition) is 5. The van der Waals surface area contributed by atoms with Gasteiger partial charge in [0.2, 0.25) is 5.69 Å². The molecule has 1 atom stereocenters. The van der Waals surface area contributed by atoms with Crippen molar-refractivity contribution in [2.24, 2.45) is 0 Å². The van der Waals surface area contributed by atoms with Crippen molar-refractivity contribution in [3.8, 4) is 0 Å². The lowest BCUT2D eigenvalue weighted by atomic mass is 10.0. The Hall–Kier alpha value is -2.51. The van der Waals surface area contributed by atoms with Gasteiger partial charge in [-0.3, -0.25) is 0 Å². The molecule has 1 N–H and O–H groups in total. The van der Waals surface area contributed by atoms with Crippen LogP contribution < -0.4 is 5.32 Å². The minimum absolute atomic E-state index is 0.0739. The average Bonchev–Trinajstić information content (AvgIpc) is 2.93. The monoisotopic (exact) mass is 294 g/mol. The molecule has 0 spiro atoms. The van der Waals surface area contributed by atoms with Crippen LogP contribution in [0.2, 0.25) is 0 Å². The first kappa shape index (κ1) is 13.5. The standard InChI is InChI=1S/C13H12F2N4O2/c1-21-13(20)11-12-16-5-4-10(19(12)18-17-11)7-2-3-8(14)9(15)6-7/h2-3,6,10,16H,4-5H2,1H3. The van der Waals surface area contributed by atoms with E-state index in [1.807, 2.05) is 0 Å². The van der Waals surface area contributed by atoms with Crippen LogP contribution in [0.4, 0.5) is 14.6 Å². The lowest BCUT2D eigenvalue weighted by molar-refractivity contribution is 0.0595. The third kappa shape index (κ3) is 2.22. The summed E-state index contributed by atoms with van der Waals surface area (Å²) in [5.41, 5.74) is 0.641. The van der Waals surface area contributed by atoms with Gasteiger partial charge in [0, 0.05) is 6.54 Å². The Labute approximate surface area is 118 Å². The van der Waals surface area contributed by atoms with Crippen LogP contribution in [0, 0.1) is 11.6 Å². The number of benzene rings is 1. The zero-order valence-corrected chi connectivity index (χ0v) is 11.1. The quantitative estimate of drug-likeness (QED) is 0.855. The molecular weight excluding hydrogens is 282 g/mol. The second-order valence-corrected chi connectivity index (χ2v) is 4.63. The summed E-state index contributed by atoms with van der Waals surface area (Å²) in [6.45, 7) is 0.557. The number of anilines is 1. The number of hydrogen-bond donors (Lipinski definition) is 1. The summed E-state index contributed by atoms with van der Waals surface area (Å²) < 4.78 is 32.5. The first-order valence-corrected chi connectivity index (χ1v) is 6.34. The summed E-state index contributed by atoms with van der Waals surface area (Å²) in [5, 5.41) is 10.7. The molecule has 1 aliphatic rings. The van der Waals surface area contributed by atoms with Crippen molar-refractivity contribution in [3.05, 3.63) is 41.1 Å². The Morgan fingerprint density at radius 1 is 1.43 bits per heavy atom. The fourth-order valence-corrected chi connectivity index (χ4v) is 2.39. The van der Waals surface area contributed by atoms with Gasteiger partial charge in [-0.2, -0.15) is 0 Å². The highest BCUT2D eigenvalue weighted by atomic mass is 19.2. The third-order valence-corrected chi connectivity index (χ3v) is 3.41. The molecule has 0 fully saturated rings. The maximum atomic E-state index is 13.4. The maximum absolute atomic E-state index is 13.4. The molecule has 1 unspecified atom stereocenters. The van der Waals surface area contributed by atoms with E-state index in [1.54, 1.807) is 0 Å². The molecule has 8 heteroatoms. The zero-order valence-electron chi connectivity index (χ0n) is 11.1. The van der Waals surface area contributed by atoms with Crippen LogP contribution in [-0.4, -0.2) is 34.6 Å². The number of aromatic nitrogens is 3. The molecule has 1 aromatic carbocycles. The van der Waals surface area contributed by atoms with E-state index in [1.165, 1.54) is 17.9 Å². The number of carbonyl (C=O) groups is 1. The summed E-state index contributed by atoms with van der Waals surface area (Å²) >= 11 is 0. The van der Waals surface area contributed by atoms with Crippen molar-refractivity contribution < 1.29 is 18.3 Å². The van der Waals surface area contributed by atoms with E-state index in [4.69, 9.17) is 0 Å². The zero-order chi connectivity index (χ0) is 15.0. The molecule has 0 aliphatic carbocycles. The van der Waals surface area contributed by atoms with Gasteiger partial charge in [0.05, 0.1) is 13.2 Å². The van der Waals surface area contributed by atoms with Gasteiger partial charge >= 0.3 is 5.97 Å². The average molecular weight is 294 g/mol. The second kappa shape index (κ2) is 5.12. The van der Waals surface area contributed by atoms with Crippen LogP contribution in [0.3, 0.4) is 0 Å². The molecule has 110 valence electrons. The van der Waals surface area contributed by atoms with Gasteiger partial charge < -0.3 is 10.1 Å². The lowest BCUT2D eigenvalue weighted by Gasteiger charge is -2.25. The number of methoxy groups -OCH3 is 1.